The van der Waals surface area contributed by atoms with Crippen molar-refractivity contribution in [2.75, 3.05) is 11.9 Å². The Morgan fingerprint density at radius 1 is 1.17 bits per heavy atom. The number of nitro benzene ring substituents is 1. The predicted octanol–water partition coefficient (Wildman–Crippen LogP) is 4.25. The van der Waals surface area contributed by atoms with Crippen LogP contribution in [0, 0.1) is 24.0 Å². The lowest BCUT2D eigenvalue weighted by atomic mass is 10.1. The lowest BCUT2D eigenvalue weighted by molar-refractivity contribution is -0.384. The van der Waals surface area contributed by atoms with Crippen molar-refractivity contribution in [2.45, 2.75) is 27.2 Å². The van der Waals surface area contributed by atoms with E-state index < -0.39 is 4.92 Å². The normalized spacial score (nSPS) is 10.3. The summed E-state index contributed by atoms with van der Waals surface area (Å²) in [5, 5.41) is 13.9. The number of nitrogens with one attached hydrogen (secondary N) is 1. The molecule has 0 aromatic heterocycles. The largest absolute Gasteiger partial charge is 0.493 e. The molecule has 0 unspecified atom stereocenters. The van der Waals surface area contributed by atoms with Crippen molar-refractivity contribution in [2.24, 2.45) is 0 Å². The van der Waals surface area contributed by atoms with Crippen molar-refractivity contribution in [1.29, 1.82) is 0 Å². The molecular formula is C18H20N2O4. The predicted molar refractivity (Wildman–Crippen MR) is 92.8 cm³/mol. The van der Waals surface area contributed by atoms with E-state index in [-0.39, 0.29) is 17.3 Å². The molecule has 0 bridgehead atoms. The fraction of sp³-hybridized carbons (Fsp3) is 0.278. The van der Waals surface area contributed by atoms with Crippen LogP contribution in [0.5, 0.6) is 5.75 Å². The summed E-state index contributed by atoms with van der Waals surface area (Å²) in [6.45, 7) is 6.30. The standard InChI is InChI=1S/C18H20N2O4/c1-4-9-24-15-7-8-16(17(11-15)20(22)23)19-18(21)14-6-5-12(2)13(3)10-14/h5-8,10-11H,4,9H2,1-3H3,(H,19,21). The Bertz CT molecular complexity index is 772. The molecule has 0 radical (unpaired) electrons. The monoisotopic (exact) mass is 328 g/mol. The van der Waals surface area contributed by atoms with Crippen LogP contribution in [0.1, 0.15) is 34.8 Å². The van der Waals surface area contributed by atoms with Gasteiger partial charge in [0.15, 0.2) is 0 Å². The molecule has 2 aromatic carbocycles. The van der Waals surface area contributed by atoms with Crippen LogP contribution >= 0.6 is 0 Å². The molecule has 0 aliphatic carbocycles. The van der Waals surface area contributed by atoms with E-state index in [1.54, 1.807) is 18.2 Å². The van der Waals surface area contributed by atoms with Gasteiger partial charge in [-0.1, -0.05) is 13.0 Å². The van der Waals surface area contributed by atoms with Crippen LogP contribution in [0.4, 0.5) is 11.4 Å². The minimum absolute atomic E-state index is 0.145. The first-order chi connectivity index (χ1) is 11.4. The maximum absolute atomic E-state index is 12.3. The van der Waals surface area contributed by atoms with Gasteiger partial charge in [-0.05, 0) is 55.7 Å². The first kappa shape index (κ1) is 17.5. The Balaban J connectivity index is 2.25. The maximum Gasteiger partial charge on any atom is 0.296 e. The molecule has 0 saturated heterocycles. The molecule has 2 rings (SSSR count). The Morgan fingerprint density at radius 3 is 2.54 bits per heavy atom. The summed E-state index contributed by atoms with van der Waals surface area (Å²) in [6, 6.07) is 9.73. The average Bonchev–Trinajstić information content (AvgIpc) is 2.56. The highest BCUT2D eigenvalue weighted by atomic mass is 16.6. The fourth-order valence-electron chi connectivity index (χ4n) is 2.16. The maximum atomic E-state index is 12.3. The first-order valence-corrected chi connectivity index (χ1v) is 7.72. The SMILES string of the molecule is CCCOc1ccc(NC(=O)c2ccc(C)c(C)c2)c([N+](=O)[O-])c1. The van der Waals surface area contributed by atoms with Gasteiger partial charge in [-0.3, -0.25) is 14.9 Å². The van der Waals surface area contributed by atoms with Gasteiger partial charge in [-0.2, -0.15) is 0 Å². The van der Waals surface area contributed by atoms with Crippen LogP contribution < -0.4 is 10.1 Å². The van der Waals surface area contributed by atoms with Gasteiger partial charge >= 0.3 is 0 Å². The zero-order chi connectivity index (χ0) is 17.7. The number of hydrogen-bond donors (Lipinski definition) is 1. The summed E-state index contributed by atoms with van der Waals surface area (Å²) < 4.78 is 5.40. The molecule has 0 spiro atoms. The van der Waals surface area contributed by atoms with Crippen molar-refractivity contribution in [3.8, 4) is 5.75 Å². The van der Waals surface area contributed by atoms with E-state index in [2.05, 4.69) is 5.32 Å². The van der Waals surface area contributed by atoms with E-state index in [9.17, 15) is 14.9 Å². The number of hydrogen-bond acceptors (Lipinski definition) is 4. The Morgan fingerprint density at radius 2 is 1.92 bits per heavy atom. The lowest BCUT2D eigenvalue weighted by Crippen LogP contribution is -2.13. The lowest BCUT2D eigenvalue weighted by Gasteiger charge is -2.10. The number of nitro groups is 1. The molecule has 6 heteroatoms. The quantitative estimate of drug-likeness (QED) is 0.635. The molecule has 0 heterocycles. The fourth-order valence-corrected chi connectivity index (χ4v) is 2.16. The van der Waals surface area contributed by atoms with Crippen molar-refractivity contribution < 1.29 is 14.5 Å². The second-order valence-electron chi connectivity index (χ2n) is 5.54. The zero-order valence-corrected chi connectivity index (χ0v) is 14.0. The Kier molecular flexibility index (Phi) is 5.52. The molecule has 0 aliphatic heterocycles. The number of carbonyl (C=O) groups excluding carboxylic acids is 1. The molecule has 2 aromatic rings. The highest BCUT2D eigenvalue weighted by Gasteiger charge is 2.18. The van der Waals surface area contributed by atoms with Gasteiger partial charge in [0.1, 0.15) is 11.4 Å². The van der Waals surface area contributed by atoms with Gasteiger partial charge in [0.05, 0.1) is 17.6 Å². The molecule has 126 valence electrons. The number of rotatable bonds is 6. The second kappa shape index (κ2) is 7.59. The number of benzene rings is 2. The average molecular weight is 328 g/mol. The molecule has 0 aliphatic rings. The molecule has 6 nitrogen and oxygen atoms in total. The van der Waals surface area contributed by atoms with Crippen LogP contribution in [0.3, 0.4) is 0 Å². The number of anilines is 1. The molecular weight excluding hydrogens is 308 g/mol. The molecule has 1 N–H and O–H groups in total. The highest BCUT2D eigenvalue weighted by molar-refractivity contribution is 6.05. The number of amides is 1. The third-order valence-electron chi connectivity index (χ3n) is 3.66. The van der Waals surface area contributed by atoms with E-state index in [4.69, 9.17) is 4.74 Å². The summed E-state index contributed by atoms with van der Waals surface area (Å²) in [5.74, 6) is 0.0242. The summed E-state index contributed by atoms with van der Waals surface area (Å²) in [7, 11) is 0. The van der Waals surface area contributed by atoms with Crippen molar-refractivity contribution in [3.05, 3.63) is 63.2 Å². The Labute approximate surface area is 140 Å². The van der Waals surface area contributed by atoms with Crippen LogP contribution in [-0.4, -0.2) is 17.4 Å². The number of carbonyl (C=O) groups is 1. The summed E-state index contributed by atoms with van der Waals surface area (Å²) in [6.07, 6.45) is 0.805. The number of aryl methyl sites for hydroxylation is 2. The van der Waals surface area contributed by atoms with Crippen LogP contribution in [0.25, 0.3) is 0 Å². The van der Waals surface area contributed by atoms with Gasteiger partial charge in [-0.15, -0.1) is 0 Å². The minimum Gasteiger partial charge on any atom is -0.493 e. The van der Waals surface area contributed by atoms with Gasteiger partial charge in [0, 0.05) is 5.56 Å². The van der Waals surface area contributed by atoms with Crippen molar-refractivity contribution >= 4 is 17.3 Å². The molecule has 0 fully saturated rings. The molecule has 24 heavy (non-hydrogen) atoms. The van der Waals surface area contributed by atoms with Crippen molar-refractivity contribution in [3.63, 3.8) is 0 Å². The zero-order valence-electron chi connectivity index (χ0n) is 14.0. The highest BCUT2D eigenvalue weighted by Crippen LogP contribution is 2.29. The van der Waals surface area contributed by atoms with E-state index >= 15 is 0 Å². The van der Waals surface area contributed by atoms with Crippen LogP contribution in [0.15, 0.2) is 36.4 Å². The Hall–Kier alpha value is -2.89. The van der Waals surface area contributed by atoms with E-state index in [1.807, 2.05) is 26.8 Å². The third-order valence-corrected chi connectivity index (χ3v) is 3.66. The van der Waals surface area contributed by atoms with Gasteiger partial charge in [0.25, 0.3) is 11.6 Å². The van der Waals surface area contributed by atoms with Gasteiger partial charge < -0.3 is 10.1 Å². The molecule has 0 saturated carbocycles. The summed E-state index contributed by atoms with van der Waals surface area (Å²) in [4.78, 5) is 23.1. The third kappa shape index (κ3) is 4.10. The first-order valence-electron chi connectivity index (χ1n) is 7.72. The van der Waals surface area contributed by atoms with E-state index in [0.717, 1.165) is 17.5 Å². The van der Waals surface area contributed by atoms with Crippen LogP contribution in [0.2, 0.25) is 0 Å². The van der Waals surface area contributed by atoms with E-state index in [0.29, 0.717) is 17.9 Å². The number of nitrogens with zero attached hydrogens (tertiary/aromatic N) is 1. The van der Waals surface area contributed by atoms with Crippen molar-refractivity contribution in [1.82, 2.24) is 0 Å². The summed E-state index contributed by atoms with van der Waals surface area (Å²) >= 11 is 0. The van der Waals surface area contributed by atoms with Gasteiger partial charge in [-0.25, -0.2) is 0 Å². The van der Waals surface area contributed by atoms with Gasteiger partial charge in [0.2, 0.25) is 0 Å². The topological polar surface area (TPSA) is 81.5 Å². The van der Waals surface area contributed by atoms with E-state index in [1.165, 1.54) is 12.1 Å². The minimum atomic E-state index is -0.533. The number of ether oxygens (including phenoxy) is 1. The summed E-state index contributed by atoms with van der Waals surface area (Å²) in [5.41, 5.74) is 2.47. The molecule has 1 amide bonds. The smallest absolute Gasteiger partial charge is 0.296 e. The molecule has 0 atom stereocenters. The second-order valence-corrected chi connectivity index (χ2v) is 5.54. The van der Waals surface area contributed by atoms with Crippen LogP contribution in [-0.2, 0) is 0 Å².